The van der Waals surface area contributed by atoms with Crippen molar-refractivity contribution in [3.63, 3.8) is 0 Å². The number of hydrogen-bond acceptors (Lipinski definition) is 6. The van der Waals surface area contributed by atoms with Gasteiger partial charge in [-0.1, -0.05) is 181 Å². The van der Waals surface area contributed by atoms with Crippen molar-refractivity contribution in [1.29, 1.82) is 0 Å². The quantitative estimate of drug-likeness (QED) is 0.0436. The minimum absolute atomic E-state index is 0.159. The van der Waals surface area contributed by atoms with Crippen LogP contribution in [-0.2, 0) is 19.1 Å². The Labute approximate surface area is 265 Å². The first kappa shape index (κ1) is 41.7. The molecule has 43 heavy (non-hydrogen) atoms. The summed E-state index contributed by atoms with van der Waals surface area (Å²) >= 11 is 0. The van der Waals surface area contributed by atoms with E-state index in [1.165, 1.54) is 128 Å². The van der Waals surface area contributed by atoms with E-state index in [1.54, 1.807) is 0 Å². The normalized spacial score (nSPS) is 12.7. The van der Waals surface area contributed by atoms with E-state index in [2.05, 4.69) is 13.8 Å². The van der Waals surface area contributed by atoms with Gasteiger partial charge in [-0.05, 0) is 12.8 Å². The van der Waals surface area contributed by atoms with Gasteiger partial charge < -0.3 is 14.9 Å². The fraction of sp³-hybridized carbons (Fsp3) is 0.919. The van der Waals surface area contributed by atoms with Crippen LogP contribution in [0.5, 0.6) is 0 Å². The van der Waals surface area contributed by atoms with Crippen LogP contribution >= 0.6 is 0 Å². The van der Waals surface area contributed by atoms with Gasteiger partial charge in [-0.15, -0.1) is 0 Å². The molecule has 0 spiro atoms. The van der Waals surface area contributed by atoms with Gasteiger partial charge in [-0.3, -0.25) is 14.4 Å². The summed E-state index contributed by atoms with van der Waals surface area (Å²) in [5, 5.41) is 19.0. The van der Waals surface area contributed by atoms with Crippen molar-refractivity contribution in [3.05, 3.63) is 0 Å². The van der Waals surface area contributed by atoms with Gasteiger partial charge in [0.2, 0.25) is 0 Å². The predicted octanol–water partition coefficient (Wildman–Crippen LogP) is 9.95. The number of ether oxygens (including phenoxy) is 1. The van der Waals surface area contributed by atoms with E-state index in [1.807, 2.05) is 0 Å². The lowest BCUT2D eigenvalue weighted by Gasteiger charge is -2.16. The SMILES string of the molecule is CCCCCCCCCCCCCCCCCC(=O)OC(=O)C(CCCCCCCCCCCCCC)C(=O)C(O)CO. The van der Waals surface area contributed by atoms with Gasteiger partial charge in [0.05, 0.1) is 6.61 Å². The number of aliphatic hydroxyl groups is 2. The lowest BCUT2D eigenvalue weighted by Crippen LogP contribution is -2.37. The molecule has 2 unspecified atom stereocenters. The molecule has 0 aromatic rings. The molecule has 0 aromatic carbocycles. The molecule has 0 saturated heterocycles. The van der Waals surface area contributed by atoms with Crippen molar-refractivity contribution in [2.24, 2.45) is 5.92 Å². The third-order valence-electron chi connectivity index (χ3n) is 8.67. The van der Waals surface area contributed by atoms with Crippen LogP contribution in [0.3, 0.4) is 0 Å². The second-order valence-corrected chi connectivity index (χ2v) is 12.8. The van der Waals surface area contributed by atoms with Crippen molar-refractivity contribution >= 4 is 17.7 Å². The molecule has 6 nitrogen and oxygen atoms in total. The summed E-state index contributed by atoms with van der Waals surface area (Å²) < 4.78 is 5.01. The van der Waals surface area contributed by atoms with Crippen LogP contribution in [0.1, 0.15) is 200 Å². The van der Waals surface area contributed by atoms with Crippen LogP contribution in [0.25, 0.3) is 0 Å². The van der Waals surface area contributed by atoms with Crippen molar-refractivity contribution in [2.75, 3.05) is 6.61 Å². The Morgan fingerprint density at radius 2 is 0.837 bits per heavy atom. The third kappa shape index (κ3) is 26.8. The third-order valence-corrected chi connectivity index (χ3v) is 8.67. The van der Waals surface area contributed by atoms with Crippen LogP contribution in [0.15, 0.2) is 0 Å². The molecule has 0 aliphatic rings. The monoisotopic (exact) mass is 611 g/mol. The average Bonchev–Trinajstić information content (AvgIpc) is 3.00. The number of carbonyl (C=O) groups is 3. The number of carbonyl (C=O) groups excluding carboxylic acids is 3. The number of ketones is 1. The highest BCUT2D eigenvalue weighted by Gasteiger charge is 2.33. The van der Waals surface area contributed by atoms with Gasteiger partial charge in [-0.25, -0.2) is 0 Å². The van der Waals surface area contributed by atoms with Gasteiger partial charge >= 0.3 is 11.9 Å². The molecule has 254 valence electrons. The van der Waals surface area contributed by atoms with E-state index < -0.39 is 36.4 Å². The van der Waals surface area contributed by atoms with Gasteiger partial charge in [0.15, 0.2) is 5.78 Å². The summed E-state index contributed by atoms with van der Waals surface area (Å²) in [6, 6.07) is 0. The molecule has 0 fully saturated rings. The fourth-order valence-corrected chi connectivity index (χ4v) is 5.76. The van der Waals surface area contributed by atoms with Crippen LogP contribution in [0.2, 0.25) is 0 Å². The molecule has 0 saturated carbocycles. The molecule has 2 N–H and O–H groups in total. The van der Waals surface area contributed by atoms with Crippen molar-refractivity contribution in [3.8, 4) is 0 Å². The first-order valence-electron chi connectivity index (χ1n) is 18.5. The smallest absolute Gasteiger partial charge is 0.324 e. The maximum absolute atomic E-state index is 12.7. The first-order valence-corrected chi connectivity index (χ1v) is 18.5. The van der Waals surface area contributed by atoms with E-state index in [4.69, 9.17) is 4.74 Å². The molecule has 2 atom stereocenters. The Morgan fingerprint density at radius 1 is 0.512 bits per heavy atom. The van der Waals surface area contributed by atoms with Crippen molar-refractivity contribution in [2.45, 2.75) is 206 Å². The number of rotatable bonds is 33. The topological polar surface area (TPSA) is 101 Å². The largest absolute Gasteiger partial charge is 0.393 e. The number of esters is 2. The van der Waals surface area contributed by atoms with E-state index in [0.29, 0.717) is 12.8 Å². The molecule has 6 heteroatoms. The fourth-order valence-electron chi connectivity index (χ4n) is 5.76. The molecule has 0 radical (unpaired) electrons. The molecule has 0 aliphatic heterocycles. The molecule has 0 amide bonds. The van der Waals surface area contributed by atoms with Crippen LogP contribution in [0, 0.1) is 5.92 Å². The molecule has 0 heterocycles. The highest BCUT2D eigenvalue weighted by Crippen LogP contribution is 2.19. The molecule has 0 bridgehead atoms. The van der Waals surface area contributed by atoms with E-state index in [9.17, 15) is 24.6 Å². The van der Waals surface area contributed by atoms with Crippen molar-refractivity contribution in [1.82, 2.24) is 0 Å². The summed E-state index contributed by atoms with van der Waals surface area (Å²) in [6.07, 6.45) is 31.4. The second kappa shape index (κ2) is 32.1. The lowest BCUT2D eigenvalue weighted by atomic mass is 9.93. The minimum atomic E-state index is -1.62. The zero-order valence-corrected chi connectivity index (χ0v) is 28.4. The van der Waals surface area contributed by atoms with Gasteiger partial charge in [0.25, 0.3) is 0 Å². The average molecular weight is 611 g/mol. The number of hydrogen-bond donors (Lipinski definition) is 2. The minimum Gasteiger partial charge on any atom is -0.393 e. The highest BCUT2D eigenvalue weighted by molar-refractivity contribution is 6.03. The summed E-state index contributed by atoms with van der Waals surface area (Å²) in [5.41, 5.74) is 0. The zero-order chi connectivity index (χ0) is 31.8. The molecular weight excluding hydrogens is 540 g/mol. The Balaban J connectivity index is 3.99. The summed E-state index contributed by atoms with van der Waals surface area (Å²) in [4.78, 5) is 37.4. The Bertz CT molecular complexity index is 649. The van der Waals surface area contributed by atoms with Crippen LogP contribution in [-0.4, -0.2) is 40.6 Å². The van der Waals surface area contributed by atoms with Gasteiger partial charge in [0.1, 0.15) is 12.0 Å². The van der Waals surface area contributed by atoms with Crippen LogP contribution < -0.4 is 0 Å². The number of aliphatic hydroxyl groups excluding tert-OH is 2. The predicted molar refractivity (Wildman–Crippen MR) is 178 cm³/mol. The first-order chi connectivity index (χ1) is 21.0. The van der Waals surface area contributed by atoms with E-state index in [-0.39, 0.29) is 12.8 Å². The van der Waals surface area contributed by atoms with E-state index in [0.717, 1.165) is 32.1 Å². The van der Waals surface area contributed by atoms with Crippen LogP contribution in [0.4, 0.5) is 0 Å². The number of Topliss-reactive ketones (excluding diaryl/α,β-unsaturated/α-hetero) is 1. The maximum atomic E-state index is 12.7. The van der Waals surface area contributed by atoms with Gasteiger partial charge in [-0.2, -0.15) is 0 Å². The Hall–Kier alpha value is -1.27. The molecular formula is C37H70O6. The lowest BCUT2D eigenvalue weighted by molar-refractivity contribution is -0.165. The second-order valence-electron chi connectivity index (χ2n) is 12.8. The van der Waals surface area contributed by atoms with E-state index >= 15 is 0 Å². The molecule has 0 aliphatic carbocycles. The summed E-state index contributed by atoms with van der Waals surface area (Å²) in [7, 11) is 0. The standard InChI is InChI=1S/C37H70O6/c1-3-5-7-9-11-13-15-17-18-19-21-23-25-27-29-31-35(40)43-37(42)33(36(41)34(39)32-38)30-28-26-24-22-20-16-14-12-10-8-6-4-2/h33-34,38-39H,3-32H2,1-2H3. The number of unbranched alkanes of at least 4 members (excludes halogenated alkanes) is 25. The summed E-state index contributed by atoms with van der Waals surface area (Å²) in [6.45, 7) is 3.75. The molecule has 0 aromatic heterocycles. The maximum Gasteiger partial charge on any atom is 0.324 e. The summed E-state index contributed by atoms with van der Waals surface area (Å²) in [5.74, 6) is -3.44. The Morgan fingerprint density at radius 3 is 1.19 bits per heavy atom. The van der Waals surface area contributed by atoms with Gasteiger partial charge in [0, 0.05) is 6.42 Å². The Kier molecular flexibility index (Phi) is 31.2. The molecule has 0 rings (SSSR count). The highest BCUT2D eigenvalue weighted by atomic mass is 16.6. The zero-order valence-electron chi connectivity index (χ0n) is 28.4. The van der Waals surface area contributed by atoms with Crippen molar-refractivity contribution < 1.29 is 29.3 Å².